The highest BCUT2D eigenvalue weighted by atomic mass is 32.2. The van der Waals surface area contributed by atoms with Gasteiger partial charge in [-0.05, 0) is 50.1 Å². The quantitative estimate of drug-likeness (QED) is 0.471. The lowest BCUT2D eigenvalue weighted by Crippen LogP contribution is -2.43. The van der Waals surface area contributed by atoms with E-state index in [-0.39, 0.29) is 23.7 Å². The number of hydrogen-bond acceptors (Lipinski definition) is 6. The van der Waals surface area contributed by atoms with Gasteiger partial charge in [-0.3, -0.25) is 14.4 Å². The summed E-state index contributed by atoms with van der Waals surface area (Å²) in [5.41, 5.74) is 2.02. The molecule has 1 saturated heterocycles. The van der Waals surface area contributed by atoms with Crippen molar-refractivity contribution in [2.45, 2.75) is 24.7 Å². The Balaban J connectivity index is 1.56. The number of amides is 2. The number of rotatable bonds is 5. The summed E-state index contributed by atoms with van der Waals surface area (Å²) in [6, 6.07) is 13.0. The van der Waals surface area contributed by atoms with Gasteiger partial charge in [0.25, 0.3) is 11.8 Å². The average Bonchev–Trinajstić information content (AvgIpc) is 2.87. The molecule has 0 radical (unpaired) electrons. The molecule has 0 spiro atoms. The largest absolute Gasteiger partial charge is 0.496 e. The van der Waals surface area contributed by atoms with E-state index in [1.807, 2.05) is 36.4 Å². The van der Waals surface area contributed by atoms with Crippen molar-refractivity contribution in [3.8, 4) is 5.75 Å². The van der Waals surface area contributed by atoms with E-state index >= 15 is 0 Å². The van der Waals surface area contributed by atoms with Crippen molar-refractivity contribution in [3.63, 3.8) is 0 Å². The summed E-state index contributed by atoms with van der Waals surface area (Å²) >= 11 is 1.38. The number of piperidine rings is 1. The second-order valence-corrected chi connectivity index (χ2v) is 9.33. The molecule has 1 atom stereocenters. The van der Waals surface area contributed by atoms with E-state index in [1.54, 1.807) is 43.0 Å². The van der Waals surface area contributed by atoms with Gasteiger partial charge in [-0.2, -0.15) is 0 Å². The molecule has 0 bridgehead atoms. The van der Waals surface area contributed by atoms with Crippen molar-refractivity contribution in [1.29, 1.82) is 0 Å². The van der Waals surface area contributed by atoms with Crippen LogP contribution in [0.5, 0.6) is 5.75 Å². The van der Waals surface area contributed by atoms with E-state index in [0.29, 0.717) is 41.6 Å². The SMILES string of the molecule is CCOC(=O)[C@@H]1CCCN(C(=O)c2ccc3c(c2)N(C)C(=O)/C(=C/c2ccccc2OC)S3)C1. The Morgan fingerprint density at radius 2 is 2.00 bits per heavy atom. The number of fused-ring (bicyclic) bond motifs is 1. The zero-order chi connectivity index (χ0) is 24.2. The maximum atomic E-state index is 13.2. The zero-order valence-electron chi connectivity index (χ0n) is 19.6. The van der Waals surface area contributed by atoms with Crippen LogP contribution in [0.15, 0.2) is 52.3 Å². The van der Waals surface area contributed by atoms with Gasteiger partial charge < -0.3 is 19.3 Å². The molecule has 2 aromatic carbocycles. The summed E-state index contributed by atoms with van der Waals surface area (Å²) in [5.74, 6) is -0.133. The number of thioether (sulfide) groups is 1. The van der Waals surface area contributed by atoms with Gasteiger partial charge in [-0.25, -0.2) is 0 Å². The molecule has 2 aromatic rings. The summed E-state index contributed by atoms with van der Waals surface area (Å²) in [6.07, 6.45) is 3.31. The maximum absolute atomic E-state index is 13.2. The number of methoxy groups -OCH3 is 1. The van der Waals surface area contributed by atoms with Crippen LogP contribution in [0.3, 0.4) is 0 Å². The number of benzene rings is 2. The molecule has 2 aliphatic heterocycles. The van der Waals surface area contributed by atoms with Crippen LogP contribution in [-0.2, 0) is 14.3 Å². The lowest BCUT2D eigenvalue weighted by Gasteiger charge is -2.32. The minimum absolute atomic E-state index is 0.141. The van der Waals surface area contributed by atoms with E-state index in [4.69, 9.17) is 9.47 Å². The van der Waals surface area contributed by atoms with Crippen LogP contribution in [0.1, 0.15) is 35.7 Å². The summed E-state index contributed by atoms with van der Waals surface area (Å²) in [5, 5.41) is 0. The molecule has 8 heteroatoms. The minimum atomic E-state index is -0.294. The molecule has 0 saturated carbocycles. The van der Waals surface area contributed by atoms with E-state index in [1.165, 1.54) is 11.8 Å². The van der Waals surface area contributed by atoms with Crippen LogP contribution < -0.4 is 9.64 Å². The van der Waals surface area contributed by atoms with Gasteiger partial charge in [0.1, 0.15) is 5.75 Å². The lowest BCUT2D eigenvalue weighted by atomic mass is 9.97. The standard InChI is InChI=1S/C26H28N2O5S/c1-4-33-26(31)19-9-7-13-28(16-19)24(29)18-11-12-22-20(14-18)27(2)25(30)23(34-22)15-17-8-5-6-10-21(17)32-3/h5-6,8,10-12,14-15,19H,4,7,9,13,16H2,1-3H3/b23-15-/t19-/m1/s1. The van der Waals surface area contributed by atoms with E-state index in [9.17, 15) is 14.4 Å². The van der Waals surface area contributed by atoms with Crippen molar-refractivity contribution >= 4 is 41.3 Å². The Hall–Kier alpha value is -3.26. The molecule has 0 unspecified atom stereocenters. The fraction of sp³-hybridized carbons (Fsp3) is 0.346. The van der Waals surface area contributed by atoms with Gasteiger partial charge in [-0.1, -0.05) is 30.0 Å². The number of para-hydroxylation sites is 1. The molecule has 178 valence electrons. The number of carbonyl (C=O) groups is 3. The molecule has 0 aliphatic carbocycles. The first-order valence-corrected chi connectivity index (χ1v) is 12.1. The van der Waals surface area contributed by atoms with Crippen molar-refractivity contribution < 1.29 is 23.9 Å². The number of likely N-dealkylation sites (N-methyl/N-ethyl adjacent to an activating group) is 1. The Bertz CT molecular complexity index is 1150. The van der Waals surface area contributed by atoms with Crippen molar-refractivity contribution in [3.05, 3.63) is 58.5 Å². The number of esters is 1. The summed E-state index contributed by atoms with van der Waals surface area (Å²) < 4.78 is 10.5. The van der Waals surface area contributed by atoms with Gasteiger partial charge in [0.2, 0.25) is 0 Å². The third kappa shape index (κ3) is 4.82. The van der Waals surface area contributed by atoms with Crippen LogP contribution in [0.4, 0.5) is 5.69 Å². The van der Waals surface area contributed by atoms with Crippen LogP contribution in [0.25, 0.3) is 6.08 Å². The smallest absolute Gasteiger partial charge is 0.310 e. The molecule has 4 rings (SSSR count). The number of anilines is 1. The molecule has 1 fully saturated rings. The molecule has 7 nitrogen and oxygen atoms in total. The Morgan fingerprint density at radius 1 is 1.21 bits per heavy atom. The van der Waals surface area contributed by atoms with E-state index < -0.39 is 0 Å². The topological polar surface area (TPSA) is 76.2 Å². The number of carbonyl (C=O) groups excluding carboxylic acids is 3. The second-order valence-electron chi connectivity index (χ2n) is 8.24. The maximum Gasteiger partial charge on any atom is 0.310 e. The first-order valence-electron chi connectivity index (χ1n) is 11.3. The summed E-state index contributed by atoms with van der Waals surface area (Å²) in [4.78, 5) is 43.2. The lowest BCUT2D eigenvalue weighted by molar-refractivity contribution is -0.149. The van der Waals surface area contributed by atoms with Gasteiger partial charge in [0, 0.05) is 36.2 Å². The highest BCUT2D eigenvalue weighted by molar-refractivity contribution is 8.04. The van der Waals surface area contributed by atoms with Gasteiger partial charge in [0.05, 0.1) is 30.2 Å². The molecule has 2 heterocycles. The monoisotopic (exact) mass is 480 g/mol. The number of ether oxygens (including phenoxy) is 2. The van der Waals surface area contributed by atoms with Crippen LogP contribution in [0, 0.1) is 5.92 Å². The fourth-order valence-corrected chi connectivity index (χ4v) is 5.33. The normalized spacial score (nSPS) is 19.1. The van der Waals surface area contributed by atoms with Gasteiger partial charge >= 0.3 is 5.97 Å². The van der Waals surface area contributed by atoms with E-state index in [2.05, 4.69) is 0 Å². The Morgan fingerprint density at radius 3 is 2.76 bits per heavy atom. The predicted molar refractivity (Wildman–Crippen MR) is 132 cm³/mol. The number of hydrogen-bond donors (Lipinski definition) is 0. The average molecular weight is 481 g/mol. The zero-order valence-corrected chi connectivity index (χ0v) is 20.4. The molecule has 2 aliphatic rings. The first-order chi connectivity index (χ1) is 16.4. The van der Waals surface area contributed by atoms with Crippen LogP contribution in [0.2, 0.25) is 0 Å². The van der Waals surface area contributed by atoms with Crippen molar-refractivity contribution in [2.24, 2.45) is 5.92 Å². The van der Waals surface area contributed by atoms with Crippen molar-refractivity contribution in [2.75, 3.05) is 38.8 Å². The minimum Gasteiger partial charge on any atom is -0.496 e. The summed E-state index contributed by atoms with van der Waals surface area (Å²) in [6.45, 7) is 3.06. The molecule has 0 aromatic heterocycles. The Labute approximate surface area is 203 Å². The molecule has 0 N–H and O–H groups in total. The molecular weight excluding hydrogens is 452 g/mol. The highest BCUT2D eigenvalue weighted by Gasteiger charge is 2.32. The second kappa shape index (κ2) is 10.3. The van der Waals surface area contributed by atoms with Crippen LogP contribution >= 0.6 is 11.8 Å². The predicted octanol–water partition coefficient (Wildman–Crippen LogP) is 4.22. The third-order valence-electron chi connectivity index (χ3n) is 6.06. The van der Waals surface area contributed by atoms with Crippen molar-refractivity contribution in [1.82, 2.24) is 4.90 Å². The van der Waals surface area contributed by atoms with E-state index in [0.717, 1.165) is 23.3 Å². The Kier molecular flexibility index (Phi) is 7.26. The third-order valence-corrected chi connectivity index (χ3v) is 7.13. The molecule has 2 amide bonds. The first kappa shape index (κ1) is 23.9. The fourth-order valence-electron chi connectivity index (χ4n) is 4.25. The highest BCUT2D eigenvalue weighted by Crippen LogP contribution is 2.42. The van der Waals surface area contributed by atoms with Crippen LogP contribution in [-0.4, -0.2) is 56.5 Å². The summed E-state index contributed by atoms with van der Waals surface area (Å²) in [7, 11) is 3.31. The van der Waals surface area contributed by atoms with Gasteiger partial charge in [-0.15, -0.1) is 0 Å². The number of likely N-dealkylation sites (tertiary alicyclic amines) is 1. The molecular formula is C26H28N2O5S. The molecule has 34 heavy (non-hydrogen) atoms. The number of nitrogens with zero attached hydrogens (tertiary/aromatic N) is 2. The van der Waals surface area contributed by atoms with Gasteiger partial charge in [0.15, 0.2) is 0 Å².